The van der Waals surface area contributed by atoms with E-state index in [4.69, 9.17) is 5.73 Å². The molecule has 132 heavy (non-hydrogen) atoms. The molecule has 3 saturated heterocycles. The fourth-order valence-corrected chi connectivity index (χ4v) is 17.6. The van der Waals surface area contributed by atoms with Crippen LogP contribution in [0, 0.1) is 5.92 Å². The predicted octanol–water partition coefficient (Wildman–Crippen LogP) is 3.15. The van der Waals surface area contributed by atoms with Crippen molar-refractivity contribution < 1.29 is 92.0 Å². The van der Waals surface area contributed by atoms with Crippen LogP contribution < -0.4 is 53.6 Å². The van der Waals surface area contributed by atoms with Crippen molar-refractivity contribution in [3.8, 4) is 11.5 Å². The number of nitrogens with one attached hydrogen (secondary N) is 10. The number of aromatic amines is 1. The van der Waals surface area contributed by atoms with Gasteiger partial charge in [-0.25, -0.2) is 0 Å². The average molecular weight is 1830 g/mol. The number of piperidine rings is 1. The van der Waals surface area contributed by atoms with Crippen molar-refractivity contribution in [3.63, 3.8) is 0 Å². The number of rotatable bonds is 22. The highest BCUT2D eigenvalue weighted by Gasteiger charge is 2.46. The maximum absolute atomic E-state index is 15.9. The van der Waals surface area contributed by atoms with Crippen molar-refractivity contribution >= 4 is 117 Å². The van der Waals surface area contributed by atoms with Gasteiger partial charge in [0.25, 0.3) is 0 Å². The summed E-state index contributed by atoms with van der Waals surface area (Å²) in [5.41, 5.74) is 9.26. The summed E-state index contributed by atoms with van der Waals surface area (Å²) in [4.78, 5) is 247. The summed E-state index contributed by atoms with van der Waals surface area (Å²) in [6.45, 7) is 5.92. The molecule has 1 aromatic heterocycles. The van der Waals surface area contributed by atoms with Crippen LogP contribution in [0.3, 0.4) is 0 Å². The summed E-state index contributed by atoms with van der Waals surface area (Å²) >= 11 is 0.840. The van der Waals surface area contributed by atoms with Gasteiger partial charge in [-0.15, -0.1) is 11.8 Å². The van der Waals surface area contributed by atoms with Crippen LogP contribution in [0.25, 0.3) is 10.9 Å². The van der Waals surface area contributed by atoms with Crippen LogP contribution in [0.5, 0.6) is 11.5 Å². The molecule has 7 aromatic rings. The Balaban J connectivity index is 1.04. The zero-order chi connectivity index (χ0) is 95.4. The molecule has 0 saturated carbocycles. The van der Waals surface area contributed by atoms with E-state index in [0.29, 0.717) is 70.0 Å². The van der Waals surface area contributed by atoms with Gasteiger partial charge in [-0.2, -0.15) is 0 Å². The largest absolute Gasteiger partial charge is 0.508 e. The number of primary amides is 1. The lowest BCUT2D eigenvalue weighted by Crippen LogP contribution is -2.62. The number of carbonyl (C=O) groups is 16. The lowest BCUT2D eigenvalue weighted by Gasteiger charge is -2.38. The summed E-state index contributed by atoms with van der Waals surface area (Å²) in [7, 11) is 4.08. The number of phenols is 2. The Hall–Kier alpha value is -13.7. The number of aliphatic carboxylic acids is 1. The number of aromatic nitrogens is 1. The molecule has 3 fully saturated rings. The number of nitrogens with two attached hydrogens (primary N) is 1. The number of nitrogens with zero attached hydrogens (tertiary/aromatic N) is 5. The van der Waals surface area contributed by atoms with E-state index in [1.165, 1.54) is 96.2 Å². The Morgan fingerprint density at radius 3 is 1.51 bits per heavy atom. The quantitative estimate of drug-likeness (QED) is 0.0463. The standard InChI is InChI=1S/C96H120N16O19S/c1-8-9-32-78-96(131)112-44-23-34-77(112)90(125)105-72(52-83(117)118)85(120)100-58(4)92(127)109(6)79(49-60-26-15-11-16-27-60)91(126)106-74(48-63-37-41-66(114)42-38-63)94(129)111-43-22-21-33-76(111)89(124)104-71(51-64-53-98-68-31-20-19-30-67(64)68)88(123)103-70(46-62-35-39-65(113)40-36-62)87(122)102-69(45-57(2)3)86(121)107-75(84(119)99-54-81(97)115)55-132-56-82(116)101-73(47-59-24-13-10-14-25-59)93(128)110(7)80(95(130)108(78)5)50-61-28-17-12-18-29-61/h10-20,24-31,35-42,53,57-58,69-80,98,113-114H,8-9,21-23,32-34,43-52,54-56H2,1-7H3,(H2,97,115)(H,99,119)(H,100,120)(H,101,116)(H,102,122)(H,103,123)(H,104,124)(H,105,125)(H,106,126)(H,107,121)(H,117,118)/t58-,69-,70-,71+,72-,73-,74-,75-,76+,77+,78-,79-,80-/m0/s1. The van der Waals surface area contributed by atoms with Gasteiger partial charge >= 0.3 is 5.97 Å². The van der Waals surface area contributed by atoms with Crippen molar-refractivity contribution in [1.29, 1.82) is 0 Å². The first kappa shape index (κ1) is 100. The van der Waals surface area contributed by atoms with Gasteiger partial charge in [0.15, 0.2) is 0 Å². The molecule has 3 aliphatic heterocycles. The molecule has 0 spiro atoms. The number of hydrogen-bond acceptors (Lipinski definition) is 19. The molecule has 10 rings (SSSR count). The van der Waals surface area contributed by atoms with E-state index in [-0.39, 0.29) is 107 Å². The minimum Gasteiger partial charge on any atom is -0.508 e. The fraction of sp³-hybridized carbons (Fsp3) is 0.438. The number of benzene rings is 6. The number of carboxylic acids is 1. The van der Waals surface area contributed by atoms with E-state index in [2.05, 4.69) is 52.8 Å². The number of likely N-dealkylation sites (N-methyl/N-ethyl adjacent to an activating group) is 3. The maximum atomic E-state index is 15.9. The molecule has 0 bridgehead atoms. The predicted molar refractivity (Wildman–Crippen MR) is 492 cm³/mol. The minimum absolute atomic E-state index is 0.0178. The molecule has 0 unspecified atom stereocenters. The van der Waals surface area contributed by atoms with Crippen LogP contribution in [0.1, 0.15) is 125 Å². The second-order valence-corrected chi connectivity index (χ2v) is 35.3. The number of carbonyl (C=O) groups excluding carboxylic acids is 15. The van der Waals surface area contributed by atoms with E-state index in [1.54, 1.807) is 135 Å². The zero-order valence-corrected chi connectivity index (χ0v) is 76.0. The number of H-pyrrole nitrogens is 1. The number of amides is 15. The van der Waals surface area contributed by atoms with Gasteiger partial charge in [-0.1, -0.05) is 167 Å². The van der Waals surface area contributed by atoms with Crippen molar-refractivity contribution in [2.45, 2.75) is 209 Å². The first-order valence-corrected chi connectivity index (χ1v) is 45.7. The van der Waals surface area contributed by atoms with E-state index in [0.717, 1.165) is 16.7 Å². The molecule has 0 aliphatic carbocycles. The highest BCUT2D eigenvalue weighted by atomic mass is 32.2. The number of aromatic hydroxyl groups is 2. The number of unbranched alkanes of at least 4 members (excludes halogenated alkanes) is 1. The second kappa shape index (κ2) is 48.3. The second-order valence-electron chi connectivity index (χ2n) is 34.3. The lowest BCUT2D eigenvalue weighted by atomic mass is 9.96. The third kappa shape index (κ3) is 28.2. The maximum Gasteiger partial charge on any atom is 0.305 e. The summed E-state index contributed by atoms with van der Waals surface area (Å²) in [6.07, 6.45) is 1.38. The third-order valence-corrected chi connectivity index (χ3v) is 25.0. The summed E-state index contributed by atoms with van der Waals surface area (Å²) in [6, 6.07) is 25.2. The van der Waals surface area contributed by atoms with Crippen LogP contribution in [0.15, 0.2) is 170 Å². The first-order valence-electron chi connectivity index (χ1n) is 44.6. The number of fused-ring (bicyclic) bond motifs is 3. The fourth-order valence-electron chi connectivity index (χ4n) is 16.8. The highest BCUT2D eigenvalue weighted by molar-refractivity contribution is 8.00. The monoisotopic (exact) mass is 1830 g/mol. The van der Waals surface area contributed by atoms with Crippen LogP contribution in [-0.2, 0) is 115 Å². The summed E-state index contributed by atoms with van der Waals surface area (Å²) in [5.74, 6) is -16.0. The SMILES string of the molecule is CCCC[C@H]1C(=O)N2CCC[C@@H]2C(=O)N[C@@H](CC(=O)O)C(=O)N[C@@H](C)C(=O)N(C)[C@@H](Cc2ccccc2)C(=O)N[C@@H](Cc2ccc(O)cc2)C(=O)N2CCCC[C@@H]2C(=O)N[C@H](Cc2c[nH]c3ccccc23)C(=O)N[C@@H](Cc2ccc(O)cc2)C(=O)N[C@@H](CC(C)C)C(=O)N[C@H](C(=O)NCC(N)=O)CSCC(=O)N[C@@H](Cc2ccccc2)C(=O)N(C)[C@@H](Cc2ccccc2)C(=O)N1C. The molecule has 15 N–H and O–H groups in total. The molecule has 36 heteroatoms. The van der Waals surface area contributed by atoms with Crippen molar-refractivity contribution in [1.82, 2.24) is 77.3 Å². The number of carboxylic acid groups (broad SMARTS) is 1. The Kier molecular flexibility index (Phi) is 36.8. The normalized spacial score (nSPS) is 23.7. The molecule has 704 valence electrons. The van der Waals surface area contributed by atoms with Crippen LogP contribution >= 0.6 is 11.8 Å². The van der Waals surface area contributed by atoms with Crippen LogP contribution in [0.4, 0.5) is 0 Å². The molecule has 6 aromatic carbocycles. The van der Waals surface area contributed by atoms with Crippen LogP contribution in [0.2, 0.25) is 0 Å². The molecule has 13 atom stereocenters. The number of thioether (sulfide) groups is 1. The van der Waals surface area contributed by atoms with Gasteiger partial charge in [0, 0.05) is 95.6 Å². The van der Waals surface area contributed by atoms with E-state index >= 15 is 47.9 Å². The number of hydrogen-bond donors (Lipinski definition) is 14. The van der Waals surface area contributed by atoms with Gasteiger partial charge in [-0.3, -0.25) is 76.7 Å². The van der Waals surface area contributed by atoms with Crippen molar-refractivity contribution in [2.24, 2.45) is 11.7 Å². The molecule has 0 radical (unpaired) electrons. The average Bonchev–Trinajstić information content (AvgIpc) is 1.45. The van der Waals surface area contributed by atoms with Gasteiger partial charge in [-0.05, 0) is 121 Å². The lowest BCUT2D eigenvalue weighted by molar-refractivity contribution is -0.152. The zero-order valence-electron chi connectivity index (χ0n) is 75.2. The van der Waals surface area contributed by atoms with E-state index in [9.17, 15) is 44.1 Å². The van der Waals surface area contributed by atoms with Gasteiger partial charge in [0.05, 0.1) is 18.7 Å². The van der Waals surface area contributed by atoms with E-state index < -0.39 is 192 Å². The first-order chi connectivity index (χ1) is 63.1. The van der Waals surface area contributed by atoms with Gasteiger partial charge in [0.1, 0.15) is 90.0 Å². The van der Waals surface area contributed by atoms with E-state index in [1.807, 2.05) is 6.92 Å². The highest BCUT2D eigenvalue weighted by Crippen LogP contribution is 2.28. The molecular formula is C96H120N16O19S. The van der Waals surface area contributed by atoms with Crippen LogP contribution in [-0.4, -0.2) is 270 Å². The Labute approximate surface area is 770 Å². The molecular weight excluding hydrogens is 1710 g/mol. The Bertz CT molecular complexity index is 5220. The van der Waals surface area contributed by atoms with Crippen molar-refractivity contribution in [3.05, 3.63) is 203 Å². The topological polar surface area (TPSA) is 500 Å². The molecule has 15 amide bonds. The number of para-hydroxylation sites is 1. The molecule has 3 aliphatic rings. The number of phenolic OH excluding ortho intramolecular Hbond substituents is 2. The van der Waals surface area contributed by atoms with Gasteiger partial charge < -0.3 is 98.4 Å². The molecule has 35 nitrogen and oxygen atoms in total. The Morgan fingerprint density at radius 2 is 0.932 bits per heavy atom. The van der Waals surface area contributed by atoms with Crippen molar-refractivity contribution in [2.75, 3.05) is 52.3 Å². The minimum atomic E-state index is -1.88. The Morgan fingerprint density at radius 1 is 0.470 bits per heavy atom. The summed E-state index contributed by atoms with van der Waals surface area (Å²) < 4.78 is 0. The smallest absolute Gasteiger partial charge is 0.305 e. The van der Waals surface area contributed by atoms with Gasteiger partial charge in [0.2, 0.25) is 88.6 Å². The third-order valence-electron chi connectivity index (χ3n) is 23.9. The summed E-state index contributed by atoms with van der Waals surface area (Å²) in [5, 5.41) is 56.3. The molecule has 4 heterocycles.